The molecule has 19 heavy (non-hydrogen) atoms. The standard InChI is InChI=1S/C16H23N3/c1-2-4-16-15(3-1)14(12-19-16)7-10-17-8-5-13-6-9-18-11-13/h1-4,12-13,17-19H,5-11H2. The predicted molar refractivity (Wildman–Crippen MR) is 80.5 cm³/mol. The van der Waals surface area contributed by atoms with E-state index in [1.54, 1.807) is 0 Å². The molecule has 1 aromatic carbocycles. The Morgan fingerprint density at radius 1 is 1.21 bits per heavy atom. The van der Waals surface area contributed by atoms with Crippen molar-refractivity contribution in [3.8, 4) is 0 Å². The molecule has 0 bridgehead atoms. The van der Waals surface area contributed by atoms with Gasteiger partial charge in [-0.2, -0.15) is 0 Å². The zero-order valence-corrected chi connectivity index (χ0v) is 11.4. The number of hydrogen-bond acceptors (Lipinski definition) is 2. The van der Waals surface area contributed by atoms with Gasteiger partial charge in [-0.15, -0.1) is 0 Å². The third-order valence-corrected chi connectivity index (χ3v) is 4.14. The summed E-state index contributed by atoms with van der Waals surface area (Å²) in [7, 11) is 0. The molecule has 3 N–H and O–H groups in total. The van der Waals surface area contributed by atoms with Gasteiger partial charge in [0.05, 0.1) is 0 Å². The predicted octanol–water partition coefficient (Wildman–Crippen LogP) is 2.30. The van der Waals surface area contributed by atoms with E-state index in [9.17, 15) is 0 Å². The van der Waals surface area contributed by atoms with Crippen LogP contribution in [0.5, 0.6) is 0 Å². The van der Waals surface area contributed by atoms with Crippen LogP contribution < -0.4 is 10.6 Å². The number of fused-ring (bicyclic) bond motifs is 1. The zero-order valence-electron chi connectivity index (χ0n) is 11.4. The number of nitrogens with one attached hydrogen (secondary N) is 3. The van der Waals surface area contributed by atoms with E-state index in [-0.39, 0.29) is 0 Å². The van der Waals surface area contributed by atoms with Crippen molar-refractivity contribution in [1.29, 1.82) is 0 Å². The molecule has 0 radical (unpaired) electrons. The second-order valence-electron chi connectivity index (χ2n) is 5.51. The molecule has 102 valence electrons. The second kappa shape index (κ2) is 6.22. The van der Waals surface area contributed by atoms with Crippen molar-refractivity contribution in [1.82, 2.24) is 15.6 Å². The average Bonchev–Trinajstić information content (AvgIpc) is 3.08. The molecule has 1 atom stereocenters. The van der Waals surface area contributed by atoms with E-state index in [1.165, 1.54) is 42.4 Å². The van der Waals surface area contributed by atoms with Gasteiger partial charge in [0.25, 0.3) is 0 Å². The Morgan fingerprint density at radius 3 is 3.05 bits per heavy atom. The Balaban J connectivity index is 1.42. The van der Waals surface area contributed by atoms with Crippen molar-refractivity contribution >= 4 is 10.9 Å². The lowest BCUT2D eigenvalue weighted by atomic mass is 10.1. The summed E-state index contributed by atoms with van der Waals surface area (Å²) in [6.45, 7) is 4.64. The van der Waals surface area contributed by atoms with Crippen LogP contribution >= 0.6 is 0 Å². The summed E-state index contributed by atoms with van der Waals surface area (Å²) in [5.74, 6) is 0.889. The van der Waals surface area contributed by atoms with Crippen molar-refractivity contribution in [3.05, 3.63) is 36.0 Å². The van der Waals surface area contributed by atoms with E-state index in [1.807, 2.05) is 0 Å². The first-order chi connectivity index (χ1) is 9.43. The van der Waals surface area contributed by atoms with Gasteiger partial charge in [-0.05, 0) is 63.0 Å². The van der Waals surface area contributed by atoms with Crippen LogP contribution in [-0.2, 0) is 6.42 Å². The van der Waals surface area contributed by atoms with Gasteiger partial charge in [-0.3, -0.25) is 0 Å². The number of H-pyrrole nitrogens is 1. The highest BCUT2D eigenvalue weighted by Gasteiger charge is 2.13. The van der Waals surface area contributed by atoms with Crippen molar-refractivity contribution in [2.75, 3.05) is 26.2 Å². The molecule has 1 saturated heterocycles. The second-order valence-corrected chi connectivity index (χ2v) is 5.51. The molecule has 3 heteroatoms. The molecular formula is C16H23N3. The Morgan fingerprint density at radius 2 is 2.16 bits per heavy atom. The minimum absolute atomic E-state index is 0.889. The summed E-state index contributed by atoms with van der Waals surface area (Å²) in [5.41, 5.74) is 2.67. The summed E-state index contributed by atoms with van der Waals surface area (Å²) in [6.07, 6.45) is 5.91. The van der Waals surface area contributed by atoms with Gasteiger partial charge in [-0.25, -0.2) is 0 Å². The largest absolute Gasteiger partial charge is 0.361 e. The minimum Gasteiger partial charge on any atom is -0.361 e. The molecule has 1 fully saturated rings. The van der Waals surface area contributed by atoms with E-state index < -0.39 is 0 Å². The van der Waals surface area contributed by atoms with Crippen LogP contribution in [0.15, 0.2) is 30.5 Å². The fraction of sp³-hybridized carbons (Fsp3) is 0.500. The van der Waals surface area contributed by atoms with Gasteiger partial charge in [0.1, 0.15) is 0 Å². The maximum atomic E-state index is 3.57. The maximum Gasteiger partial charge on any atom is 0.0456 e. The molecule has 2 heterocycles. The van der Waals surface area contributed by atoms with Gasteiger partial charge in [0.15, 0.2) is 0 Å². The van der Waals surface area contributed by atoms with Crippen LogP contribution in [0.4, 0.5) is 0 Å². The smallest absolute Gasteiger partial charge is 0.0456 e. The molecule has 0 saturated carbocycles. The minimum atomic E-state index is 0.889. The van der Waals surface area contributed by atoms with Gasteiger partial charge in [0.2, 0.25) is 0 Å². The van der Waals surface area contributed by atoms with Crippen LogP contribution in [0.25, 0.3) is 10.9 Å². The number of aromatic nitrogens is 1. The Labute approximate surface area is 114 Å². The molecule has 2 aromatic rings. The average molecular weight is 257 g/mol. The van der Waals surface area contributed by atoms with Crippen molar-refractivity contribution < 1.29 is 0 Å². The Kier molecular flexibility index (Phi) is 4.16. The third kappa shape index (κ3) is 3.17. The maximum absolute atomic E-state index is 3.57. The summed E-state index contributed by atoms with van der Waals surface area (Å²) < 4.78 is 0. The quantitative estimate of drug-likeness (QED) is 0.695. The van der Waals surface area contributed by atoms with E-state index in [4.69, 9.17) is 0 Å². The SMILES string of the molecule is c1ccc2c(CCNCCC3CCNC3)c[nH]c2c1. The number of para-hydroxylation sites is 1. The first-order valence-corrected chi connectivity index (χ1v) is 7.40. The molecule has 0 amide bonds. The fourth-order valence-corrected chi connectivity index (χ4v) is 2.95. The molecular weight excluding hydrogens is 234 g/mol. The molecule has 3 rings (SSSR count). The number of rotatable bonds is 6. The Hall–Kier alpha value is -1.32. The first kappa shape index (κ1) is 12.7. The van der Waals surface area contributed by atoms with Crippen LogP contribution in [0.2, 0.25) is 0 Å². The molecule has 1 unspecified atom stereocenters. The van der Waals surface area contributed by atoms with E-state index in [2.05, 4.69) is 46.1 Å². The van der Waals surface area contributed by atoms with Crippen LogP contribution in [0.3, 0.4) is 0 Å². The molecule has 1 aromatic heterocycles. The molecule has 1 aliphatic heterocycles. The molecule has 3 nitrogen and oxygen atoms in total. The van der Waals surface area contributed by atoms with Gasteiger partial charge in [-0.1, -0.05) is 18.2 Å². The normalized spacial score (nSPS) is 19.3. The van der Waals surface area contributed by atoms with E-state index in [0.717, 1.165) is 25.4 Å². The highest BCUT2D eigenvalue weighted by molar-refractivity contribution is 5.83. The van der Waals surface area contributed by atoms with Crippen LogP contribution in [0, 0.1) is 5.92 Å². The van der Waals surface area contributed by atoms with Crippen molar-refractivity contribution in [2.45, 2.75) is 19.3 Å². The molecule has 1 aliphatic rings. The highest BCUT2D eigenvalue weighted by Crippen LogP contribution is 2.17. The van der Waals surface area contributed by atoms with Gasteiger partial charge in [0, 0.05) is 17.1 Å². The summed E-state index contributed by atoms with van der Waals surface area (Å²) in [5, 5.41) is 8.36. The summed E-state index contributed by atoms with van der Waals surface area (Å²) >= 11 is 0. The van der Waals surface area contributed by atoms with Crippen LogP contribution in [-0.4, -0.2) is 31.2 Å². The lowest BCUT2D eigenvalue weighted by Gasteiger charge is -2.08. The molecule has 0 aliphatic carbocycles. The first-order valence-electron chi connectivity index (χ1n) is 7.40. The monoisotopic (exact) mass is 257 g/mol. The summed E-state index contributed by atoms with van der Waals surface area (Å²) in [4.78, 5) is 3.34. The van der Waals surface area contributed by atoms with E-state index >= 15 is 0 Å². The van der Waals surface area contributed by atoms with Crippen molar-refractivity contribution in [3.63, 3.8) is 0 Å². The third-order valence-electron chi connectivity index (χ3n) is 4.14. The lowest BCUT2D eigenvalue weighted by molar-refractivity contribution is 0.502. The fourth-order valence-electron chi connectivity index (χ4n) is 2.95. The molecule has 0 spiro atoms. The number of hydrogen-bond donors (Lipinski definition) is 3. The van der Waals surface area contributed by atoms with Crippen LogP contribution in [0.1, 0.15) is 18.4 Å². The van der Waals surface area contributed by atoms with Gasteiger partial charge < -0.3 is 15.6 Å². The number of benzene rings is 1. The highest BCUT2D eigenvalue weighted by atomic mass is 14.9. The van der Waals surface area contributed by atoms with Gasteiger partial charge >= 0.3 is 0 Å². The van der Waals surface area contributed by atoms with Crippen molar-refractivity contribution in [2.24, 2.45) is 5.92 Å². The zero-order chi connectivity index (χ0) is 12.9. The number of aromatic amines is 1. The Bertz CT molecular complexity index is 511. The topological polar surface area (TPSA) is 39.8 Å². The lowest BCUT2D eigenvalue weighted by Crippen LogP contribution is -2.21. The summed E-state index contributed by atoms with van der Waals surface area (Å²) in [6, 6.07) is 8.53. The van der Waals surface area contributed by atoms with E-state index in [0.29, 0.717) is 0 Å².